The molecule has 6 heteroatoms. The van der Waals surface area contributed by atoms with Crippen molar-refractivity contribution >= 4 is 22.5 Å². The average molecular weight is 394 g/mol. The number of hydrogen-bond acceptors (Lipinski definition) is 3. The van der Waals surface area contributed by atoms with E-state index in [1.807, 2.05) is 13.0 Å². The number of aromatic nitrogens is 1. The molecule has 0 saturated carbocycles. The van der Waals surface area contributed by atoms with Gasteiger partial charge in [0.15, 0.2) is 0 Å². The largest absolute Gasteiger partial charge is 0.369 e. The van der Waals surface area contributed by atoms with Crippen molar-refractivity contribution in [1.82, 2.24) is 15.2 Å². The van der Waals surface area contributed by atoms with Crippen molar-refractivity contribution in [3.05, 3.63) is 65.1 Å². The van der Waals surface area contributed by atoms with Crippen molar-refractivity contribution in [2.75, 3.05) is 44.7 Å². The summed E-state index contributed by atoms with van der Waals surface area (Å²) < 4.78 is 14.0. The van der Waals surface area contributed by atoms with E-state index in [9.17, 15) is 9.18 Å². The Labute approximate surface area is 170 Å². The van der Waals surface area contributed by atoms with Crippen LogP contribution < -0.4 is 10.2 Å². The lowest BCUT2D eigenvalue weighted by atomic mass is 10.1. The van der Waals surface area contributed by atoms with Gasteiger partial charge in [-0.05, 0) is 49.7 Å². The zero-order valence-corrected chi connectivity index (χ0v) is 17.0. The lowest BCUT2D eigenvalue weighted by Gasteiger charge is -2.35. The molecule has 0 atom stereocenters. The number of hydrogen-bond donors (Lipinski definition) is 2. The van der Waals surface area contributed by atoms with Gasteiger partial charge < -0.3 is 20.1 Å². The number of halogens is 1. The van der Waals surface area contributed by atoms with Crippen molar-refractivity contribution < 1.29 is 9.18 Å². The third-order valence-corrected chi connectivity index (χ3v) is 5.71. The molecular formula is C23H27FN4O. The number of H-pyrrole nitrogens is 1. The molecule has 1 aliphatic rings. The van der Waals surface area contributed by atoms with Gasteiger partial charge in [-0.15, -0.1) is 0 Å². The van der Waals surface area contributed by atoms with Crippen molar-refractivity contribution in [2.45, 2.75) is 13.3 Å². The van der Waals surface area contributed by atoms with Gasteiger partial charge in [-0.25, -0.2) is 4.39 Å². The topological polar surface area (TPSA) is 51.4 Å². The standard InChI is InChI=1S/C23H27FN4O/c1-16-7-8-19(24)18-15-20(26-22(16)18)23(29)25-10-9-17-5-3-4-6-21(17)28-13-11-27(2)12-14-28/h3-8,15,26H,9-14H2,1-2H3,(H,25,29). The van der Waals surface area contributed by atoms with Gasteiger partial charge in [-0.3, -0.25) is 4.79 Å². The van der Waals surface area contributed by atoms with Crippen LogP contribution in [-0.2, 0) is 6.42 Å². The summed E-state index contributed by atoms with van der Waals surface area (Å²) in [6, 6.07) is 13.1. The van der Waals surface area contributed by atoms with Gasteiger partial charge in [0, 0.05) is 43.8 Å². The second-order valence-corrected chi connectivity index (χ2v) is 7.76. The van der Waals surface area contributed by atoms with E-state index < -0.39 is 0 Å². The summed E-state index contributed by atoms with van der Waals surface area (Å²) in [7, 11) is 2.15. The van der Waals surface area contributed by atoms with Gasteiger partial charge in [0.1, 0.15) is 11.5 Å². The van der Waals surface area contributed by atoms with Crippen molar-refractivity contribution in [3.8, 4) is 0 Å². The minimum Gasteiger partial charge on any atom is -0.369 e. The predicted molar refractivity (Wildman–Crippen MR) is 115 cm³/mol. The third kappa shape index (κ3) is 4.12. The van der Waals surface area contributed by atoms with E-state index in [1.54, 1.807) is 12.1 Å². The van der Waals surface area contributed by atoms with Crippen LogP contribution in [-0.4, -0.2) is 55.6 Å². The van der Waals surface area contributed by atoms with Crippen LogP contribution in [0, 0.1) is 12.7 Å². The van der Waals surface area contributed by atoms with Crippen molar-refractivity contribution in [3.63, 3.8) is 0 Å². The minimum absolute atomic E-state index is 0.211. The lowest BCUT2D eigenvalue weighted by molar-refractivity contribution is 0.0950. The molecule has 0 radical (unpaired) electrons. The molecule has 0 spiro atoms. The molecule has 0 unspecified atom stereocenters. The van der Waals surface area contributed by atoms with Gasteiger partial charge in [0.2, 0.25) is 0 Å². The van der Waals surface area contributed by atoms with Gasteiger partial charge in [-0.2, -0.15) is 0 Å². The van der Waals surface area contributed by atoms with Gasteiger partial charge >= 0.3 is 0 Å². The zero-order chi connectivity index (χ0) is 20.4. The number of carbonyl (C=O) groups is 1. The Kier molecular flexibility index (Phi) is 5.53. The highest BCUT2D eigenvalue weighted by atomic mass is 19.1. The van der Waals surface area contributed by atoms with Crippen LogP contribution in [0.3, 0.4) is 0 Å². The fourth-order valence-electron chi connectivity index (χ4n) is 3.93. The number of nitrogens with zero attached hydrogens (tertiary/aromatic N) is 2. The highest BCUT2D eigenvalue weighted by Gasteiger charge is 2.17. The predicted octanol–water partition coefficient (Wildman–Crippen LogP) is 3.34. The maximum atomic E-state index is 14.0. The number of aryl methyl sites for hydroxylation is 1. The van der Waals surface area contributed by atoms with Crippen LogP contribution in [0.5, 0.6) is 0 Å². The molecule has 4 rings (SSSR count). The molecule has 0 aliphatic carbocycles. The first-order valence-electron chi connectivity index (χ1n) is 10.1. The first-order valence-corrected chi connectivity index (χ1v) is 10.1. The van der Waals surface area contributed by atoms with Crippen LogP contribution in [0.2, 0.25) is 0 Å². The molecule has 2 N–H and O–H groups in total. The average Bonchev–Trinajstić information content (AvgIpc) is 3.19. The van der Waals surface area contributed by atoms with E-state index in [1.165, 1.54) is 17.3 Å². The quantitative estimate of drug-likeness (QED) is 0.698. The number of benzene rings is 2. The molecule has 1 fully saturated rings. The number of aromatic amines is 1. The smallest absolute Gasteiger partial charge is 0.267 e. The Hall–Kier alpha value is -2.86. The molecule has 1 aliphatic heterocycles. The molecule has 29 heavy (non-hydrogen) atoms. The van der Waals surface area contributed by atoms with Crippen LogP contribution >= 0.6 is 0 Å². The van der Waals surface area contributed by atoms with Crippen LogP contribution in [0.15, 0.2) is 42.5 Å². The SMILES string of the molecule is Cc1ccc(F)c2cc(C(=O)NCCc3ccccc3N3CCN(C)CC3)[nH]c12. The fraction of sp³-hybridized carbons (Fsp3) is 0.348. The molecular weight excluding hydrogens is 367 g/mol. The number of nitrogens with one attached hydrogen (secondary N) is 2. The summed E-state index contributed by atoms with van der Waals surface area (Å²) in [6.45, 7) is 6.57. The van der Waals surface area contributed by atoms with E-state index in [0.29, 0.717) is 23.1 Å². The maximum absolute atomic E-state index is 14.0. The van der Waals surface area contributed by atoms with Crippen LogP contribution in [0.1, 0.15) is 21.6 Å². The second-order valence-electron chi connectivity index (χ2n) is 7.76. The molecule has 2 heterocycles. The molecule has 0 bridgehead atoms. The van der Waals surface area contributed by atoms with Crippen molar-refractivity contribution in [1.29, 1.82) is 0 Å². The summed E-state index contributed by atoms with van der Waals surface area (Å²) in [5.74, 6) is -0.529. The molecule has 1 aromatic heterocycles. The van der Waals surface area contributed by atoms with E-state index in [2.05, 4.69) is 45.3 Å². The first kappa shape index (κ1) is 19.5. The highest BCUT2D eigenvalue weighted by molar-refractivity contribution is 5.98. The normalized spacial score (nSPS) is 15.1. The first-order chi connectivity index (χ1) is 14.0. The molecule has 152 valence electrons. The summed E-state index contributed by atoms with van der Waals surface area (Å²) in [6.07, 6.45) is 0.752. The van der Waals surface area contributed by atoms with Crippen LogP contribution in [0.4, 0.5) is 10.1 Å². The van der Waals surface area contributed by atoms with E-state index >= 15 is 0 Å². The van der Waals surface area contributed by atoms with Gasteiger partial charge in [-0.1, -0.05) is 24.3 Å². The molecule has 5 nitrogen and oxygen atoms in total. The Bertz CT molecular complexity index is 982. The van der Waals surface area contributed by atoms with E-state index in [0.717, 1.165) is 38.2 Å². The monoisotopic (exact) mass is 394 g/mol. The summed E-state index contributed by atoms with van der Waals surface area (Å²) in [4.78, 5) is 20.4. The zero-order valence-electron chi connectivity index (χ0n) is 17.0. The van der Waals surface area contributed by atoms with Crippen LogP contribution in [0.25, 0.3) is 10.9 Å². The Morgan fingerprint density at radius 3 is 2.66 bits per heavy atom. The second kappa shape index (κ2) is 8.25. The maximum Gasteiger partial charge on any atom is 0.267 e. The summed E-state index contributed by atoms with van der Waals surface area (Å²) in [5, 5.41) is 3.42. The van der Waals surface area contributed by atoms with Gasteiger partial charge in [0.05, 0.1) is 5.52 Å². The molecule has 1 amide bonds. The summed E-state index contributed by atoms with van der Waals surface area (Å²) >= 11 is 0. The number of fused-ring (bicyclic) bond motifs is 1. The van der Waals surface area contributed by atoms with Crippen molar-refractivity contribution in [2.24, 2.45) is 0 Å². The number of para-hydroxylation sites is 1. The Balaban J connectivity index is 1.41. The van der Waals surface area contributed by atoms with Gasteiger partial charge in [0.25, 0.3) is 5.91 Å². The number of anilines is 1. The number of likely N-dealkylation sites (N-methyl/N-ethyl adjacent to an activating group) is 1. The molecule has 1 saturated heterocycles. The molecule has 2 aromatic carbocycles. The van der Waals surface area contributed by atoms with E-state index in [4.69, 9.17) is 0 Å². The summed E-state index contributed by atoms with van der Waals surface area (Å²) in [5.41, 5.74) is 4.46. The fourth-order valence-corrected chi connectivity index (χ4v) is 3.93. The number of amides is 1. The Morgan fingerprint density at radius 1 is 1.14 bits per heavy atom. The third-order valence-electron chi connectivity index (χ3n) is 5.71. The number of piperazine rings is 1. The molecule has 3 aromatic rings. The number of rotatable bonds is 5. The lowest BCUT2D eigenvalue weighted by Crippen LogP contribution is -2.44. The minimum atomic E-state index is -0.318. The highest BCUT2D eigenvalue weighted by Crippen LogP contribution is 2.23. The number of carbonyl (C=O) groups excluding carboxylic acids is 1. The van der Waals surface area contributed by atoms with E-state index in [-0.39, 0.29) is 11.7 Å². The Morgan fingerprint density at radius 2 is 1.90 bits per heavy atom.